The molecule has 2 saturated heterocycles. The molecule has 0 aromatic rings. The van der Waals surface area contributed by atoms with Gasteiger partial charge >= 0.3 is 5.97 Å². The Morgan fingerprint density at radius 2 is 1.55 bits per heavy atom. The summed E-state index contributed by atoms with van der Waals surface area (Å²) in [7, 11) is 6.98. The van der Waals surface area contributed by atoms with Crippen molar-refractivity contribution in [1.29, 1.82) is 0 Å². The van der Waals surface area contributed by atoms with Gasteiger partial charge in [0, 0.05) is 53.0 Å². The second-order valence-electron chi connectivity index (χ2n) is 17.5. The Morgan fingerprint density at radius 1 is 0.875 bits per heavy atom. The number of ether oxygens (including phenoxy) is 9. The maximum atomic E-state index is 14.1. The lowest BCUT2D eigenvalue weighted by atomic mass is 9.75. The molecule has 0 aromatic heterocycles. The summed E-state index contributed by atoms with van der Waals surface area (Å²) in [5, 5.41) is 79.5. The lowest BCUT2D eigenvalue weighted by Crippen LogP contribution is -2.72. The third kappa shape index (κ3) is 13.6. The van der Waals surface area contributed by atoms with Crippen molar-refractivity contribution in [2.75, 3.05) is 48.8 Å². The SMILES string of the molecule is COCCC[C@H]1O[C@@](O)([C@H](C)C2CC(OC)C(O)C=C(C)/C=C(C)/C=C(\C)C(O[C@H]3O[C@H](C)[C@@H](OC)[C@H](O)[C@H]3O)C(C)/C=C(CO)/C=C(OC)/C=C(\C)C(=O)O2)[C@H](OC)[C@@H](O)[C@]1(C)O. The van der Waals surface area contributed by atoms with Crippen LogP contribution in [0.1, 0.15) is 74.7 Å². The van der Waals surface area contributed by atoms with E-state index in [0.717, 1.165) is 5.57 Å². The molecule has 0 radical (unpaired) electrons. The molecule has 3 heterocycles. The second kappa shape index (κ2) is 24.8. The quantitative estimate of drug-likeness (QED) is 0.104. The minimum Gasteiger partial charge on any atom is -0.497 e. The highest BCUT2D eigenvalue weighted by Gasteiger charge is 2.62. The number of allylic oxidation sites excluding steroid dienone is 5. The average molecular weight is 913 g/mol. The summed E-state index contributed by atoms with van der Waals surface area (Å²) in [4.78, 5) is 14.1. The van der Waals surface area contributed by atoms with Crippen LogP contribution >= 0.6 is 0 Å². The molecule has 17 nitrogen and oxygen atoms in total. The zero-order chi connectivity index (χ0) is 48.3. The van der Waals surface area contributed by atoms with Gasteiger partial charge in [-0.25, -0.2) is 4.79 Å². The largest absolute Gasteiger partial charge is 0.497 e. The normalized spacial score (nSPS) is 42.4. The Bertz CT molecular complexity index is 1700. The predicted octanol–water partition coefficient (Wildman–Crippen LogP) is 2.69. The maximum Gasteiger partial charge on any atom is 0.334 e. The molecule has 0 saturated carbocycles. The highest BCUT2D eigenvalue weighted by molar-refractivity contribution is 5.88. The number of esters is 1. The fraction of sp³-hybridized carbons (Fsp3) is 0.723. The molecule has 3 aliphatic rings. The molecule has 2 fully saturated rings. The number of carbonyl (C=O) groups excluding carboxylic acids is 1. The van der Waals surface area contributed by atoms with Crippen LogP contribution in [0.4, 0.5) is 0 Å². The third-order valence-corrected chi connectivity index (χ3v) is 12.5. The number of aliphatic hydroxyl groups excluding tert-OH is 5. The van der Waals surface area contributed by atoms with Crippen LogP contribution in [0.3, 0.4) is 0 Å². The molecule has 17 heteroatoms. The van der Waals surface area contributed by atoms with Crippen molar-refractivity contribution < 1.29 is 83.2 Å². The van der Waals surface area contributed by atoms with E-state index in [1.54, 1.807) is 32.9 Å². The monoisotopic (exact) mass is 913 g/mol. The van der Waals surface area contributed by atoms with Gasteiger partial charge in [-0.2, -0.15) is 0 Å². The number of hydrogen-bond donors (Lipinski definition) is 7. The summed E-state index contributed by atoms with van der Waals surface area (Å²) in [6.45, 7) is 13.4. The lowest BCUT2D eigenvalue weighted by Gasteiger charge is -2.54. The van der Waals surface area contributed by atoms with E-state index in [1.165, 1.54) is 61.5 Å². The maximum absolute atomic E-state index is 14.1. The van der Waals surface area contributed by atoms with Gasteiger partial charge in [0.25, 0.3) is 0 Å². The Hall–Kier alpha value is -2.85. The van der Waals surface area contributed by atoms with Gasteiger partial charge in [-0.15, -0.1) is 0 Å². The zero-order valence-corrected chi connectivity index (χ0v) is 39.8. The van der Waals surface area contributed by atoms with Gasteiger partial charge in [-0.05, 0) is 77.7 Å². The fourth-order valence-electron chi connectivity index (χ4n) is 8.71. The minimum atomic E-state index is -2.34. The first-order valence-corrected chi connectivity index (χ1v) is 21.8. The van der Waals surface area contributed by atoms with Crippen LogP contribution in [-0.4, -0.2) is 175 Å². The van der Waals surface area contributed by atoms with E-state index in [-0.39, 0.29) is 24.2 Å². The minimum absolute atomic E-state index is 0.0571. The van der Waals surface area contributed by atoms with Crippen LogP contribution in [0.15, 0.2) is 70.1 Å². The summed E-state index contributed by atoms with van der Waals surface area (Å²) in [5.41, 5.74) is 0.700. The number of aliphatic hydroxyl groups is 7. The Labute approximate surface area is 378 Å². The standard InChI is InChI=1S/C47H76O17/c1-25-17-26(2)19-34(49)36(58-11)23-35(30(6)47(55)43(60-13)42(52)46(8,54)37(64-47)15-14-16-56-9)62-44(53)29(5)21-33(57-10)22-32(24-48)20-28(4)40(27(3)18-25)63-45-39(51)38(50)41(59-12)31(7)61-45/h17-22,28,30-31,34-43,45,48-52,54-55H,14-16,23-24H2,1-13H3/b25-17+,26-19?,27-18+,29-21+,32-20-,33-22-/t28?,30-,31-,34?,35?,36?,37-,38-,39-,40?,41-,42-,43-,45-,46-,47+/m1/s1. The topological polar surface area (TPSA) is 242 Å². The van der Waals surface area contributed by atoms with Gasteiger partial charge in [0.2, 0.25) is 5.79 Å². The zero-order valence-electron chi connectivity index (χ0n) is 39.8. The molecule has 0 bridgehead atoms. The van der Waals surface area contributed by atoms with E-state index < -0.39 is 109 Å². The van der Waals surface area contributed by atoms with Crippen LogP contribution in [0, 0.1) is 11.8 Å². The molecule has 5 unspecified atom stereocenters. The molecule has 0 spiro atoms. The van der Waals surface area contributed by atoms with E-state index >= 15 is 0 Å². The van der Waals surface area contributed by atoms with Crippen molar-refractivity contribution in [3.63, 3.8) is 0 Å². The fourth-order valence-corrected chi connectivity index (χ4v) is 8.71. The Kier molecular flexibility index (Phi) is 21.5. The van der Waals surface area contributed by atoms with Crippen LogP contribution in [-0.2, 0) is 47.4 Å². The first-order valence-electron chi connectivity index (χ1n) is 21.8. The van der Waals surface area contributed by atoms with Gasteiger partial charge in [-0.3, -0.25) is 0 Å². The molecule has 7 N–H and O–H groups in total. The predicted molar refractivity (Wildman–Crippen MR) is 235 cm³/mol. The molecule has 3 rings (SSSR count). The van der Waals surface area contributed by atoms with Crippen LogP contribution in [0.2, 0.25) is 0 Å². The van der Waals surface area contributed by atoms with Gasteiger partial charge < -0.3 is 78.4 Å². The van der Waals surface area contributed by atoms with Crippen molar-refractivity contribution in [2.24, 2.45) is 11.8 Å². The van der Waals surface area contributed by atoms with Gasteiger partial charge in [0.05, 0.1) is 50.2 Å². The first kappa shape index (κ1) is 55.5. The van der Waals surface area contributed by atoms with Crippen molar-refractivity contribution in [3.8, 4) is 0 Å². The lowest BCUT2D eigenvalue weighted by molar-refractivity contribution is -0.393. The molecule has 0 amide bonds. The summed E-state index contributed by atoms with van der Waals surface area (Å²) in [5.74, 6) is -4.66. The first-order chi connectivity index (χ1) is 30.0. The Balaban J connectivity index is 2.19. The van der Waals surface area contributed by atoms with Gasteiger partial charge in [-0.1, -0.05) is 49.3 Å². The second-order valence-corrected chi connectivity index (χ2v) is 17.5. The van der Waals surface area contributed by atoms with Gasteiger partial charge in [0.1, 0.15) is 48.0 Å². The van der Waals surface area contributed by atoms with E-state index in [9.17, 15) is 40.5 Å². The number of carbonyl (C=O) groups is 1. The van der Waals surface area contributed by atoms with E-state index in [0.29, 0.717) is 29.7 Å². The Morgan fingerprint density at radius 3 is 2.12 bits per heavy atom. The van der Waals surface area contributed by atoms with E-state index in [4.69, 9.17) is 42.6 Å². The number of rotatable bonds is 13. The van der Waals surface area contributed by atoms with Gasteiger partial charge in [0.15, 0.2) is 6.29 Å². The van der Waals surface area contributed by atoms with Crippen molar-refractivity contribution in [1.82, 2.24) is 0 Å². The van der Waals surface area contributed by atoms with Crippen LogP contribution in [0.5, 0.6) is 0 Å². The molecule has 366 valence electrons. The highest BCUT2D eigenvalue weighted by atomic mass is 16.7. The van der Waals surface area contributed by atoms with Crippen LogP contribution < -0.4 is 0 Å². The summed E-state index contributed by atoms with van der Waals surface area (Å²) in [6, 6.07) is 0. The molecular formula is C47H76O17. The van der Waals surface area contributed by atoms with Crippen molar-refractivity contribution in [3.05, 3.63) is 70.1 Å². The summed E-state index contributed by atoms with van der Waals surface area (Å²) < 4.78 is 52.4. The summed E-state index contributed by atoms with van der Waals surface area (Å²) in [6.07, 6.45) is -3.49. The molecule has 16 atom stereocenters. The molecule has 0 aromatic carbocycles. The molecular weight excluding hydrogens is 836 g/mol. The number of cyclic esters (lactones) is 1. The molecule has 64 heavy (non-hydrogen) atoms. The number of methoxy groups -OCH3 is 5. The average Bonchev–Trinajstić information content (AvgIpc) is 3.23. The molecule has 3 aliphatic heterocycles. The van der Waals surface area contributed by atoms with Crippen molar-refractivity contribution in [2.45, 2.75) is 159 Å². The highest BCUT2D eigenvalue weighted by Crippen LogP contribution is 2.44. The van der Waals surface area contributed by atoms with E-state index in [2.05, 4.69) is 0 Å². The van der Waals surface area contributed by atoms with Crippen LogP contribution in [0.25, 0.3) is 0 Å². The smallest absolute Gasteiger partial charge is 0.334 e. The summed E-state index contributed by atoms with van der Waals surface area (Å²) >= 11 is 0. The molecule has 0 aliphatic carbocycles. The van der Waals surface area contributed by atoms with E-state index in [1.807, 2.05) is 32.9 Å². The third-order valence-electron chi connectivity index (χ3n) is 12.5. The van der Waals surface area contributed by atoms with Crippen molar-refractivity contribution >= 4 is 5.97 Å². The number of hydrogen-bond acceptors (Lipinski definition) is 17.